The van der Waals surface area contributed by atoms with Crippen LogP contribution in [0.1, 0.15) is 23.2 Å². The molecule has 30 heavy (non-hydrogen) atoms. The summed E-state index contributed by atoms with van der Waals surface area (Å²) in [5.74, 6) is -0.348. The molecule has 8 heteroatoms. The van der Waals surface area contributed by atoms with E-state index >= 15 is 0 Å². The number of benzene rings is 3. The Morgan fingerprint density at radius 3 is 2.37 bits per heavy atom. The van der Waals surface area contributed by atoms with Crippen LogP contribution in [-0.4, -0.2) is 43.9 Å². The number of nitrogens with one attached hydrogen (secondary N) is 1. The van der Waals surface area contributed by atoms with Gasteiger partial charge in [-0.2, -0.15) is 4.31 Å². The number of carbonyl (C=O) groups is 1. The van der Waals surface area contributed by atoms with Gasteiger partial charge in [0.1, 0.15) is 11.5 Å². The van der Waals surface area contributed by atoms with Crippen molar-refractivity contribution in [1.82, 2.24) is 4.31 Å². The molecule has 0 bridgehead atoms. The van der Waals surface area contributed by atoms with Crippen molar-refractivity contribution >= 4 is 32.4 Å². The fourth-order valence-corrected chi connectivity index (χ4v) is 5.15. The second-order valence-electron chi connectivity index (χ2n) is 7.14. The first kappa shape index (κ1) is 20.2. The molecular formula is C22H22N2O5S. The molecule has 1 heterocycles. The summed E-state index contributed by atoms with van der Waals surface area (Å²) in [5, 5.41) is 14.6. The molecule has 3 aromatic carbocycles. The van der Waals surface area contributed by atoms with Crippen molar-refractivity contribution < 1.29 is 23.1 Å². The van der Waals surface area contributed by atoms with E-state index in [0.717, 1.165) is 23.6 Å². The minimum Gasteiger partial charge on any atom is -0.506 e. The first-order chi connectivity index (χ1) is 14.4. The van der Waals surface area contributed by atoms with E-state index < -0.39 is 15.9 Å². The number of amides is 1. The fraction of sp³-hybridized carbons (Fsp3) is 0.227. The fourth-order valence-electron chi connectivity index (χ4n) is 3.61. The Balaban J connectivity index is 1.67. The molecule has 1 amide bonds. The zero-order valence-electron chi connectivity index (χ0n) is 16.5. The molecule has 1 saturated heterocycles. The SMILES string of the molecule is COc1cc2ccccc2cc1C(=O)Nc1cc(S(=O)(=O)N2CCCC2)ccc1O. The van der Waals surface area contributed by atoms with E-state index in [1.54, 1.807) is 12.1 Å². The van der Waals surface area contributed by atoms with Crippen molar-refractivity contribution in [2.24, 2.45) is 0 Å². The number of hydrogen-bond donors (Lipinski definition) is 2. The van der Waals surface area contributed by atoms with Gasteiger partial charge >= 0.3 is 0 Å². The average molecular weight is 426 g/mol. The maximum atomic E-state index is 12.9. The lowest BCUT2D eigenvalue weighted by Crippen LogP contribution is -2.28. The van der Waals surface area contributed by atoms with Crippen LogP contribution in [0.2, 0.25) is 0 Å². The van der Waals surface area contributed by atoms with Gasteiger partial charge < -0.3 is 15.2 Å². The van der Waals surface area contributed by atoms with E-state index in [9.17, 15) is 18.3 Å². The van der Waals surface area contributed by atoms with Crippen LogP contribution in [-0.2, 0) is 10.0 Å². The van der Waals surface area contributed by atoms with Gasteiger partial charge in [-0.15, -0.1) is 0 Å². The third-order valence-corrected chi connectivity index (χ3v) is 7.13. The summed E-state index contributed by atoms with van der Waals surface area (Å²) in [6.07, 6.45) is 1.64. The average Bonchev–Trinajstić information content (AvgIpc) is 3.30. The Kier molecular flexibility index (Phi) is 5.36. The lowest BCUT2D eigenvalue weighted by Gasteiger charge is -2.17. The van der Waals surface area contributed by atoms with Crippen LogP contribution in [0.5, 0.6) is 11.5 Å². The van der Waals surface area contributed by atoms with Crippen LogP contribution >= 0.6 is 0 Å². The molecule has 0 aliphatic carbocycles. The smallest absolute Gasteiger partial charge is 0.259 e. The topological polar surface area (TPSA) is 95.9 Å². The summed E-state index contributed by atoms with van der Waals surface area (Å²) in [6, 6.07) is 14.9. The van der Waals surface area contributed by atoms with Crippen LogP contribution in [0.25, 0.3) is 10.8 Å². The Labute approximate surface area is 174 Å². The summed E-state index contributed by atoms with van der Waals surface area (Å²) in [5.41, 5.74) is 0.305. The minimum absolute atomic E-state index is 0.0236. The number of rotatable bonds is 5. The van der Waals surface area contributed by atoms with Gasteiger partial charge in [0.15, 0.2) is 0 Å². The molecule has 156 valence electrons. The maximum absolute atomic E-state index is 12.9. The number of methoxy groups -OCH3 is 1. The summed E-state index contributed by atoms with van der Waals surface area (Å²) in [6.45, 7) is 0.943. The van der Waals surface area contributed by atoms with Crippen LogP contribution in [0, 0.1) is 0 Å². The second kappa shape index (κ2) is 7.97. The molecule has 1 aliphatic rings. The Morgan fingerprint density at radius 1 is 1.03 bits per heavy atom. The normalized spacial score (nSPS) is 14.7. The number of hydrogen-bond acceptors (Lipinski definition) is 5. The lowest BCUT2D eigenvalue weighted by atomic mass is 10.1. The molecule has 0 unspecified atom stereocenters. The zero-order chi connectivity index (χ0) is 21.3. The van der Waals surface area contributed by atoms with E-state index in [2.05, 4.69) is 5.32 Å². The van der Waals surface area contributed by atoms with Crippen LogP contribution in [0.4, 0.5) is 5.69 Å². The predicted octanol–water partition coefficient (Wildman–Crippen LogP) is 3.59. The van der Waals surface area contributed by atoms with Crippen LogP contribution in [0.15, 0.2) is 59.5 Å². The number of phenols is 1. The van der Waals surface area contributed by atoms with E-state index in [1.807, 2.05) is 24.3 Å². The number of sulfonamides is 1. The number of phenolic OH excluding ortho intramolecular Hbond substituents is 1. The first-order valence-electron chi connectivity index (χ1n) is 9.61. The van der Waals surface area contributed by atoms with Crippen molar-refractivity contribution in [2.45, 2.75) is 17.7 Å². The minimum atomic E-state index is -3.67. The molecule has 0 radical (unpaired) electrons. The quantitative estimate of drug-likeness (QED) is 0.608. The number of ether oxygens (including phenoxy) is 1. The monoisotopic (exact) mass is 426 g/mol. The molecule has 3 aromatic rings. The third kappa shape index (κ3) is 3.71. The number of fused-ring (bicyclic) bond motifs is 1. The van der Waals surface area contributed by atoms with Crippen molar-refractivity contribution in [3.8, 4) is 11.5 Å². The van der Waals surface area contributed by atoms with E-state index in [-0.39, 0.29) is 21.9 Å². The van der Waals surface area contributed by atoms with E-state index in [1.165, 1.54) is 29.6 Å². The van der Waals surface area contributed by atoms with Crippen LogP contribution < -0.4 is 10.1 Å². The summed E-state index contributed by atoms with van der Waals surface area (Å²) in [7, 11) is -2.20. The molecule has 4 rings (SSSR count). The molecule has 2 N–H and O–H groups in total. The molecule has 0 spiro atoms. The van der Waals surface area contributed by atoms with Gasteiger partial charge in [-0.1, -0.05) is 24.3 Å². The molecule has 7 nitrogen and oxygen atoms in total. The van der Waals surface area contributed by atoms with Crippen molar-refractivity contribution in [2.75, 3.05) is 25.5 Å². The Morgan fingerprint density at radius 2 is 1.70 bits per heavy atom. The molecular weight excluding hydrogens is 404 g/mol. The van der Waals surface area contributed by atoms with Gasteiger partial charge in [-0.3, -0.25) is 4.79 Å². The molecule has 0 saturated carbocycles. The highest BCUT2D eigenvalue weighted by Gasteiger charge is 2.28. The zero-order valence-corrected chi connectivity index (χ0v) is 17.3. The van der Waals surface area contributed by atoms with Gasteiger partial charge in [-0.25, -0.2) is 8.42 Å². The van der Waals surface area contributed by atoms with Gasteiger partial charge in [0.05, 0.1) is 23.3 Å². The largest absolute Gasteiger partial charge is 0.506 e. The first-order valence-corrected chi connectivity index (χ1v) is 11.1. The standard InChI is InChI=1S/C22H22N2O5S/c1-29-21-13-16-7-3-2-6-15(16)12-18(21)22(26)23-19-14-17(8-9-20(19)25)30(27,28)24-10-4-5-11-24/h2-3,6-9,12-14,25H,4-5,10-11H2,1H3,(H,23,26). The van der Waals surface area contributed by atoms with E-state index in [4.69, 9.17) is 4.74 Å². The predicted molar refractivity (Wildman–Crippen MR) is 115 cm³/mol. The van der Waals surface area contributed by atoms with Gasteiger partial charge in [0, 0.05) is 13.1 Å². The maximum Gasteiger partial charge on any atom is 0.259 e. The van der Waals surface area contributed by atoms with Gasteiger partial charge in [-0.05, 0) is 53.9 Å². The number of carbonyl (C=O) groups excluding carboxylic acids is 1. The highest BCUT2D eigenvalue weighted by molar-refractivity contribution is 7.89. The van der Waals surface area contributed by atoms with Gasteiger partial charge in [0.25, 0.3) is 5.91 Å². The van der Waals surface area contributed by atoms with E-state index in [0.29, 0.717) is 18.8 Å². The molecule has 0 aromatic heterocycles. The van der Waals surface area contributed by atoms with Crippen molar-refractivity contribution in [1.29, 1.82) is 0 Å². The van der Waals surface area contributed by atoms with Crippen LogP contribution in [0.3, 0.4) is 0 Å². The number of aromatic hydroxyl groups is 1. The summed E-state index contributed by atoms with van der Waals surface area (Å²) < 4.78 is 32.4. The van der Waals surface area contributed by atoms with Crippen molar-refractivity contribution in [3.63, 3.8) is 0 Å². The second-order valence-corrected chi connectivity index (χ2v) is 9.08. The lowest BCUT2D eigenvalue weighted by molar-refractivity contribution is 0.102. The third-order valence-electron chi connectivity index (χ3n) is 5.23. The number of anilines is 1. The molecule has 1 fully saturated rings. The molecule has 0 atom stereocenters. The number of nitrogens with zero attached hydrogens (tertiary/aromatic N) is 1. The summed E-state index contributed by atoms with van der Waals surface area (Å²) in [4.78, 5) is 13.0. The Hall–Kier alpha value is -3.10. The highest BCUT2D eigenvalue weighted by atomic mass is 32.2. The molecule has 1 aliphatic heterocycles. The van der Waals surface area contributed by atoms with Crippen molar-refractivity contribution in [3.05, 3.63) is 60.2 Å². The Bertz CT molecular complexity index is 1220. The summed E-state index contributed by atoms with van der Waals surface area (Å²) >= 11 is 0. The van der Waals surface area contributed by atoms with Gasteiger partial charge in [0.2, 0.25) is 10.0 Å². The highest BCUT2D eigenvalue weighted by Crippen LogP contribution is 2.31.